The van der Waals surface area contributed by atoms with Crippen LogP contribution >= 0.6 is 0 Å². The molecule has 0 aliphatic rings. The highest BCUT2D eigenvalue weighted by atomic mass is 19.4. The van der Waals surface area contributed by atoms with E-state index in [1.165, 1.54) is 0 Å². The second-order valence-electron chi connectivity index (χ2n) is 3.28. The Labute approximate surface area is 92.4 Å². The van der Waals surface area contributed by atoms with Gasteiger partial charge in [0.2, 0.25) is 0 Å². The van der Waals surface area contributed by atoms with Gasteiger partial charge in [0, 0.05) is 6.54 Å². The number of nitrogens with one attached hydrogen (secondary N) is 1. The lowest BCUT2D eigenvalue weighted by Crippen LogP contribution is -2.25. The van der Waals surface area contributed by atoms with Gasteiger partial charge in [-0.2, -0.15) is 0 Å². The summed E-state index contributed by atoms with van der Waals surface area (Å²) in [5.41, 5.74) is 1.16. The van der Waals surface area contributed by atoms with E-state index in [0.29, 0.717) is 6.54 Å². The molecule has 0 fully saturated rings. The van der Waals surface area contributed by atoms with Crippen LogP contribution in [0.2, 0.25) is 0 Å². The lowest BCUT2D eigenvalue weighted by atomic mass is 10.1. The first-order valence-corrected chi connectivity index (χ1v) is 5.03. The first-order valence-electron chi connectivity index (χ1n) is 5.03. The first kappa shape index (κ1) is 13.0. The van der Waals surface area contributed by atoms with Gasteiger partial charge >= 0.3 is 6.36 Å². The summed E-state index contributed by atoms with van der Waals surface area (Å²) >= 11 is 0. The van der Waals surface area contributed by atoms with Crippen LogP contribution in [-0.4, -0.2) is 26.1 Å². The smallest absolute Gasteiger partial charge is 0.314 e. The minimum atomic E-state index is -4.53. The van der Waals surface area contributed by atoms with E-state index in [2.05, 4.69) is 10.1 Å². The molecule has 1 aromatic carbocycles. The van der Waals surface area contributed by atoms with Crippen LogP contribution in [0, 0.1) is 0 Å². The molecule has 90 valence electrons. The topological polar surface area (TPSA) is 21.3 Å². The summed E-state index contributed by atoms with van der Waals surface area (Å²) < 4.78 is 38.4. The number of benzene rings is 1. The van der Waals surface area contributed by atoms with Crippen LogP contribution in [0.1, 0.15) is 5.56 Å². The summed E-state index contributed by atoms with van der Waals surface area (Å²) in [6.07, 6.45) is -3.73. The van der Waals surface area contributed by atoms with Gasteiger partial charge in [0.1, 0.15) is 0 Å². The number of hydrogen-bond acceptors (Lipinski definition) is 2. The molecule has 0 bridgehead atoms. The highest BCUT2D eigenvalue weighted by Crippen LogP contribution is 2.15. The van der Waals surface area contributed by atoms with Crippen LogP contribution < -0.4 is 5.32 Å². The maximum atomic E-state index is 11.6. The predicted octanol–water partition coefficient (Wildman–Crippen LogP) is 2.36. The van der Waals surface area contributed by atoms with Crippen LogP contribution in [0.25, 0.3) is 0 Å². The molecule has 0 saturated heterocycles. The van der Waals surface area contributed by atoms with Crippen molar-refractivity contribution in [2.24, 2.45) is 0 Å². The molecule has 1 rings (SSSR count). The number of hydrogen-bond donors (Lipinski definition) is 1. The fourth-order valence-corrected chi connectivity index (χ4v) is 1.24. The number of alkyl halides is 3. The summed E-state index contributed by atoms with van der Waals surface area (Å²) in [5.74, 6) is 0. The zero-order chi connectivity index (χ0) is 11.9. The molecule has 1 N–H and O–H groups in total. The van der Waals surface area contributed by atoms with Crippen LogP contribution in [0.15, 0.2) is 30.3 Å². The monoisotopic (exact) mass is 233 g/mol. The zero-order valence-electron chi connectivity index (χ0n) is 8.76. The molecule has 0 unspecified atom stereocenters. The Balaban J connectivity index is 2.01. The van der Waals surface area contributed by atoms with Crippen molar-refractivity contribution in [3.63, 3.8) is 0 Å². The molecule has 1 aromatic rings. The van der Waals surface area contributed by atoms with Crippen LogP contribution in [-0.2, 0) is 11.2 Å². The van der Waals surface area contributed by atoms with Crippen molar-refractivity contribution in [3.8, 4) is 0 Å². The van der Waals surface area contributed by atoms with Gasteiger partial charge in [-0.1, -0.05) is 30.3 Å². The summed E-state index contributed by atoms with van der Waals surface area (Å²) in [4.78, 5) is 0. The van der Waals surface area contributed by atoms with Gasteiger partial charge in [-0.05, 0) is 18.5 Å². The average Bonchev–Trinajstić information content (AvgIpc) is 2.23. The Morgan fingerprint density at radius 1 is 1.06 bits per heavy atom. The number of rotatable bonds is 6. The van der Waals surface area contributed by atoms with Gasteiger partial charge in [-0.25, -0.2) is 0 Å². The second-order valence-corrected chi connectivity index (χ2v) is 3.28. The Bertz CT molecular complexity index is 287. The molecule has 0 amide bonds. The van der Waals surface area contributed by atoms with Gasteiger partial charge in [-0.3, -0.25) is 4.74 Å². The fraction of sp³-hybridized carbons (Fsp3) is 0.455. The third-order valence-electron chi connectivity index (χ3n) is 1.98. The van der Waals surface area contributed by atoms with Crippen molar-refractivity contribution in [2.45, 2.75) is 12.8 Å². The maximum Gasteiger partial charge on any atom is 0.522 e. The minimum absolute atomic E-state index is 0.201. The SMILES string of the molecule is FC(F)(F)OCCNCCc1ccccc1. The molecular weight excluding hydrogens is 219 g/mol. The first-order chi connectivity index (χ1) is 7.58. The molecule has 0 spiro atoms. The third-order valence-corrected chi connectivity index (χ3v) is 1.98. The highest BCUT2D eigenvalue weighted by Gasteiger charge is 2.28. The number of halogens is 3. The van der Waals surface area contributed by atoms with Crippen molar-refractivity contribution in [1.29, 1.82) is 0 Å². The third kappa shape index (κ3) is 6.42. The van der Waals surface area contributed by atoms with E-state index < -0.39 is 6.36 Å². The Hall–Kier alpha value is -1.07. The molecule has 0 saturated carbocycles. The Kier molecular flexibility index (Phi) is 5.28. The second kappa shape index (κ2) is 6.50. The minimum Gasteiger partial charge on any atom is -0.314 e. The molecule has 0 heterocycles. The Morgan fingerprint density at radius 2 is 1.75 bits per heavy atom. The standard InChI is InChI=1S/C11H14F3NO/c12-11(13,14)16-9-8-15-7-6-10-4-2-1-3-5-10/h1-5,15H,6-9H2. The lowest BCUT2D eigenvalue weighted by Gasteiger charge is -2.08. The van der Waals surface area contributed by atoms with E-state index in [1.54, 1.807) is 0 Å². The van der Waals surface area contributed by atoms with E-state index in [1.807, 2.05) is 30.3 Å². The average molecular weight is 233 g/mol. The largest absolute Gasteiger partial charge is 0.522 e. The van der Waals surface area contributed by atoms with E-state index >= 15 is 0 Å². The molecule has 0 radical (unpaired) electrons. The van der Waals surface area contributed by atoms with Crippen LogP contribution in [0.5, 0.6) is 0 Å². The summed E-state index contributed by atoms with van der Waals surface area (Å²) in [6.45, 7) is 0.496. The fourth-order valence-electron chi connectivity index (χ4n) is 1.24. The molecule has 2 nitrogen and oxygen atoms in total. The number of ether oxygens (including phenoxy) is 1. The van der Waals surface area contributed by atoms with Crippen molar-refractivity contribution >= 4 is 0 Å². The molecule has 0 aliphatic carbocycles. The van der Waals surface area contributed by atoms with E-state index in [0.717, 1.165) is 12.0 Å². The molecule has 0 atom stereocenters. The highest BCUT2D eigenvalue weighted by molar-refractivity contribution is 5.14. The lowest BCUT2D eigenvalue weighted by molar-refractivity contribution is -0.323. The molecule has 0 aromatic heterocycles. The summed E-state index contributed by atoms with van der Waals surface area (Å²) in [6, 6.07) is 9.75. The summed E-state index contributed by atoms with van der Waals surface area (Å²) in [7, 11) is 0. The molecule has 16 heavy (non-hydrogen) atoms. The zero-order valence-corrected chi connectivity index (χ0v) is 8.76. The van der Waals surface area contributed by atoms with Gasteiger partial charge in [0.15, 0.2) is 0 Å². The van der Waals surface area contributed by atoms with Gasteiger partial charge in [-0.15, -0.1) is 13.2 Å². The van der Waals surface area contributed by atoms with Gasteiger partial charge in [0.25, 0.3) is 0 Å². The van der Waals surface area contributed by atoms with E-state index in [4.69, 9.17) is 0 Å². The molecular formula is C11H14F3NO. The molecule has 5 heteroatoms. The van der Waals surface area contributed by atoms with Crippen LogP contribution in [0.4, 0.5) is 13.2 Å². The predicted molar refractivity (Wildman–Crippen MR) is 55.0 cm³/mol. The Morgan fingerprint density at radius 3 is 2.38 bits per heavy atom. The van der Waals surface area contributed by atoms with E-state index in [9.17, 15) is 13.2 Å². The molecule has 0 aliphatic heterocycles. The normalized spacial score (nSPS) is 11.7. The summed E-state index contributed by atoms with van der Waals surface area (Å²) in [5, 5.41) is 2.88. The van der Waals surface area contributed by atoms with Crippen molar-refractivity contribution in [1.82, 2.24) is 5.32 Å². The van der Waals surface area contributed by atoms with Gasteiger partial charge < -0.3 is 5.32 Å². The van der Waals surface area contributed by atoms with Crippen molar-refractivity contribution < 1.29 is 17.9 Å². The van der Waals surface area contributed by atoms with Crippen molar-refractivity contribution in [3.05, 3.63) is 35.9 Å². The van der Waals surface area contributed by atoms with E-state index in [-0.39, 0.29) is 13.2 Å². The quantitative estimate of drug-likeness (QED) is 0.761. The van der Waals surface area contributed by atoms with Crippen LogP contribution in [0.3, 0.4) is 0 Å². The van der Waals surface area contributed by atoms with Crippen molar-refractivity contribution in [2.75, 3.05) is 19.7 Å². The van der Waals surface area contributed by atoms with Gasteiger partial charge in [0.05, 0.1) is 6.61 Å². The maximum absolute atomic E-state index is 11.6.